The summed E-state index contributed by atoms with van der Waals surface area (Å²) < 4.78 is 1.39. The summed E-state index contributed by atoms with van der Waals surface area (Å²) in [5.41, 5.74) is 2.83. The molecule has 0 unspecified atom stereocenters. The molecule has 3 aromatic rings. The van der Waals surface area contributed by atoms with E-state index in [-0.39, 0.29) is 0 Å². The maximum atomic E-state index is 4.22. The molecule has 0 atom stereocenters. The molecule has 1 aromatic carbocycles. The zero-order valence-electron chi connectivity index (χ0n) is 9.20. The number of nitrogens with zero attached hydrogens (tertiary/aromatic N) is 5. The van der Waals surface area contributed by atoms with Crippen LogP contribution >= 0.6 is 0 Å². The van der Waals surface area contributed by atoms with Crippen molar-refractivity contribution >= 4 is 17.2 Å². The minimum atomic E-state index is 0.624. The van der Waals surface area contributed by atoms with Gasteiger partial charge in [0.05, 0.1) is 0 Å². The second-order valence-electron chi connectivity index (χ2n) is 3.74. The number of hydrogen-bond acceptors (Lipinski definition) is 5. The van der Waals surface area contributed by atoms with E-state index in [1.54, 1.807) is 0 Å². The monoisotopic (exact) mass is 226 g/mol. The Labute approximate surface area is 97.3 Å². The van der Waals surface area contributed by atoms with E-state index in [9.17, 15) is 0 Å². The van der Waals surface area contributed by atoms with E-state index in [2.05, 4.69) is 32.9 Å². The lowest BCUT2D eigenvalue weighted by Gasteiger charge is -2.04. The summed E-state index contributed by atoms with van der Waals surface area (Å²) in [5.74, 6) is 0.702. The van der Waals surface area contributed by atoms with Crippen LogP contribution in [0.1, 0.15) is 5.56 Å². The second kappa shape index (κ2) is 3.82. The number of anilines is 2. The number of hydrogen-bond donors (Lipinski definition) is 1. The molecule has 0 saturated carbocycles. The molecule has 0 aliphatic rings. The first-order chi connectivity index (χ1) is 8.31. The number of nitrogens with one attached hydrogen (secondary N) is 1. The molecule has 2 aromatic heterocycles. The molecule has 0 aliphatic carbocycles. The minimum Gasteiger partial charge on any atom is -0.339 e. The minimum absolute atomic E-state index is 0.624. The second-order valence-corrected chi connectivity index (χ2v) is 3.74. The Hall–Kier alpha value is -2.50. The van der Waals surface area contributed by atoms with Crippen molar-refractivity contribution in [3.8, 4) is 0 Å². The summed E-state index contributed by atoms with van der Waals surface area (Å²) in [4.78, 5) is 0. The zero-order chi connectivity index (χ0) is 11.7. The molecule has 0 saturated heterocycles. The number of benzene rings is 1. The van der Waals surface area contributed by atoms with Crippen LogP contribution in [0, 0.1) is 6.92 Å². The van der Waals surface area contributed by atoms with Crippen molar-refractivity contribution in [2.45, 2.75) is 6.92 Å². The van der Waals surface area contributed by atoms with Gasteiger partial charge in [0.25, 0.3) is 0 Å². The fourth-order valence-electron chi connectivity index (χ4n) is 1.50. The quantitative estimate of drug-likeness (QED) is 0.718. The summed E-state index contributed by atoms with van der Waals surface area (Å²) in [6.07, 6.45) is 0. The molecule has 17 heavy (non-hydrogen) atoms. The van der Waals surface area contributed by atoms with Crippen molar-refractivity contribution < 1.29 is 0 Å². The molecule has 0 aliphatic heterocycles. The lowest BCUT2D eigenvalue weighted by atomic mass is 10.2. The van der Waals surface area contributed by atoms with E-state index in [0.717, 1.165) is 5.69 Å². The van der Waals surface area contributed by atoms with E-state index in [1.807, 2.05) is 36.4 Å². The normalized spacial score (nSPS) is 10.6. The first-order valence-corrected chi connectivity index (χ1v) is 5.20. The van der Waals surface area contributed by atoms with Gasteiger partial charge in [-0.25, -0.2) is 0 Å². The van der Waals surface area contributed by atoms with Gasteiger partial charge in [-0.3, -0.25) is 0 Å². The molecule has 84 valence electrons. The van der Waals surface area contributed by atoms with Crippen LogP contribution in [-0.2, 0) is 0 Å². The van der Waals surface area contributed by atoms with Crippen molar-refractivity contribution in [3.05, 3.63) is 42.0 Å². The Morgan fingerprint density at radius 2 is 1.88 bits per heavy atom. The van der Waals surface area contributed by atoms with Gasteiger partial charge in [0.1, 0.15) is 0 Å². The maximum absolute atomic E-state index is 4.22. The highest BCUT2D eigenvalue weighted by Gasteiger charge is 2.00. The van der Waals surface area contributed by atoms with Gasteiger partial charge in [0.15, 0.2) is 11.5 Å². The molecule has 2 heterocycles. The third kappa shape index (κ3) is 1.92. The predicted molar refractivity (Wildman–Crippen MR) is 63.0 cm³/mol. The van der Waals surface area contributed by atoms with Gasteiger partial charge < -0.3 is 5.32 Å². The van der Waals surface area contributed by atoms with Crippen molar-refractivity contribution in [2.75, 3.05) is 5.32 Å². The lowest BCUT2D eigenvalue weighted by Crippen LogP contribution is -2.00. The van der Waals surface area contributed by atoms with Crippen molar-refractivity contribution in [1.82, 2.24) is 25.3 Å². The number of fused-ring (bicyclic) bond motifs is 1. The van der Waals surface area contributed by atoms with Crippen LogP contribution in [0.4, 0.5) is 11.5 Å². The summed E-state index contributed by atoms with van der Waals surface area (Å²) in [6.45, 7) is 2.05. The molecule has 1 N–H and O–H groups in total. The van der Waals surface area contributed by atoms with Crippen molar-refractivity contribution in [3.63, 3.8) is 0 Å². The highest BCUT2D eigenvalue weighted by Crippen LogP contribution is 2.14. The Morgan fingerprint density at radius 3 is 2.71 bits per heavy atom. The molecular formula is C11H10N6. The molecule has 0 radical (unpaired) electrons. The number of aryl methyl sites for hydroxylation is 1. The van der Waals surface area contributed by atoms with Crippen LogP contribution in [0.5, 0.6) is 0 Å². The van der Waals surface area contributed by atoms with Crippen LogP contribution in [0.2, 0.25) is 0 Å². The fourth-order valence-corrected chi connectivity index (χ4v) is 1.50. The zero-order valence-corrected chi connectivity index (χ0v) is 9.20. The highest BCUT2D eigenvalue weighted by atomic mass is 15.6. The Morgan fingerprint density at radius 1 is 1.06 bits per heavy atom. The topological polar surface area (TPSA) is 68.0 Å². The van der Waals surface area contributed by atoms with Gasteiger partial charge in [-0.2, -0.15) is 0 Å². The molecule has 0 bridgehead atoms. The van der Waals surface area contributed by atoms with Gasteiger partial charge >= 0.3 is 0 Å². The number of rotatable bonds is 2. The molecule has 0 spiro atoms. The number of tetrazole rings is 1. The van der Waals surface area contributed by atoms with E-state index >= 15 is 0 Å². The average Bonchev–Trinajstić information content (AvgIpc) is 2.79. The standard InChI is InChI=1S/C11H10N6/c1-8-2-4-9(5-3-8)12-10-6-7-11-13-15-16-17(11)14-10/h2-7H,1H3,(H,12,14). The van der Waals surface area contributed by atoms with Crippen LogP contribution in [0.3, 0.4) is 0 Å². The van der Waals surface area contributed by atoms with Crippen LogP contribution < -0.4 is 5.32 Å². The highest BCUT2D eigenvalue weighted by molar-refractivity contribution is 5.57. The third-order valence-electron chi connectivity index (χ3n) is 2.39. The molecule has 0 fully saturated rings. The molecule has 6 heteroatoms. The van der Waals surface area contributed by atoms with Crippen LogP contribution in [0.25, 0.3) is 5.65 Å². The summed E-state index contributed by atoms with van der Waals surface area (Å²) >= 11 is 0. The molecule has 3 rings (SSSR count). The Balaban J connectivity index is 1.91. The Kier molecular flexibility index (Phi) is 2.18. The molecule has 6 nitrogen and oxygen atoms in total. The summed E-state index contributed by atoms with van der Waals surface area (Å²) in [5, 5.41) is 18.5. The average molecular weight is 226 g/mol. The first kappa shape index (κ1) is 9.71. The smallest absolute Gasteiger partial charge is 0.200 e. The van der Waals surface area contributed by atoms with Gasteiger partial charge in [0, 0.05) is 5.69 Å². The van der Waals surface area contributed by atoms with E-state index in [0.29, 0.717) is 11.5 Å². The maximum Gasteiger partial charge on any atom is 0.200 e. The van der Waals surface area contributed by atoms with Gasteiger partial charge in [-0.05, 0) is 41.6 Å². The summed E-state index contributed by atoms with van der Waals surface area (Å²) in [6, 6.07) is 11.7. The van der Waals surface area contributed by atoms with Crippen molar-refractivity contribution in [1.29, 1.82) is 0 Å². The van der Waals surface area contributed by atoms with Gasteiger partial charge in [-0.1, -0.05) is 17.7 Å². The third-order valence-corrected chi connectivity index (χ3v) is 2.39. The predicted octanol–water partition coefficient (Wildman–Crippen LogP) is 1.57. The van der Waals surface area contributed by atoms with E-state index in [1.165, 1.54) is 10.2 Å². The van der Waals surface area contributed by atoms with E-state index < -0.39 is 0 Å². The van der Waals surface area contributed by atoms with Gasteiger partial charge in [0.2, 0.25) is 0 Å². The number of aromatic nitrogens is 5. The van der Waals surface area contributed by atoms with E-state index in [4.69, 9.17) is 0 Å². The van der Waals surface area contributed by atoms with Crippen LogP contribution in [-0.4, -0.2) is 25.3 Å². The van der Waals surface area contributed by atoms with Gasteiger partial charge in [-0.15, -0.1) is 14.8 Å². The van der Waals surface area contributed by atoms with Crippen LogP contribution in [0.15, 0.2) is 36.4 Å². The van der Waals surface area contributed by atoms with Crippen molar-refractivity contribution in [2.24, 2.45) is 0 Å². The fraction of sp³-hybridized carbons (Fsp3) is 0.0909. The molecule has 0 amide bonds. The first-order valence-electron chi connectivity index (χ1n) is 5.20. The SMILES string of the molecule is Cc1ccc(Nc2ccc3nnnn3n2)cc1. The summed E-state index contributed by atoms with van der Waals surface area (Å²) in [7, 11) is 0. The lowest BCUT2D eigenvalue weighted by molar-refractivity contribution is 0.736. The Bertz CT molecular complexity index is 642. The largest absolute Gasteiger partial charge is 0.339 e. The molecular weight excluding hydrogens is 216 g/mol.